The van der Waals surface area contributed by atoms with Crippen LogP contribution in [-0.2, 0) is 17.1 Å². The van der Waals surface area contributed by atoms with Crippen molar-refractivity contribution in [2.24, 2.45) is 0 Å². The number of anilines is 2. The summed E-state index contributed by atoms with van der Waals surface area (Å²) in [6.07, 6.45) is -0.00743. The molecule has 0 atom stereocenters. The fraction of sp³-hybridized carbons (Fsp3) is 0.300. The number of aromatic nitrogens is 3. The van der Waals surface area contributed by atoms with Crippen LogP contribution in [0.2, 0.25) is 0 Å². The second-order valence-corrected chi connectivity index (χ2v) is 7.15. The summed E-state index contributed by atoms with van der Waals surface area (Å²) in [7, 11) is 0. The molecule has 1 aromatic carbocycles. The van der Waals surface area contributed by atoms with Crippen molar-refractivity contribution in [1.82, 2.24) is 14.9 Å². The Morgan fingerprint density at radius 3 is 2.57 bits per heavy atom. The number of hydrogen-bond acceptors (Lipinski definition) is 6. The highest BCUT2D eigenvalue weighted by atomic mass is 19.3. The molecule has 156 valence electrons. The Kier molecular flexibility index (Phi) is 5.56. The van der Waals surface area contributed by atoms with Crippen LogP contribution in [0.15, 0.2) is 34.9 Å². The van der Waals surface area contributed by atoms with Crippen molar-refractivity contribution in [2.45, 2.75) is 39.2 Å². The number of nitrogens with zero attached hydrogens (tertiary/aromatic N) is 4. The van der Waals surface area contributed by atoms with Gasteiger partial charge in [0.2, 0.25) is 11.8 Å². The quantitative estimate of drug-likeness (QED) is 0.631. The van der Waals surface area contributed by atoms with Gasteiger partial charge in [-0.2, -0.15) is 19.1 Å². The number of benzene rings is 1. The largest absolute Gasteiger partial charge is 0.383 e. The van der Waals surface area contributed by atoms with Gasteiger partial charge in [-0.25, -0.2) is 4.68 Å². The number of nitrogens with one attached hydrogen (secondary N) is 1. The molecule has 2 aromatic heterocycles. The predicted octanol–water partition coefficient (Wildman–Crippen LogP) is 3.87. The maximum atomic E-state index is 13.2. The van der Waals surface area contributed by atoms with Crippen LogP contribution >= 0.6 is 0 Å². The third-order valence-electron chi connectivity index (χ3n) is 4.36. The van der Waals surface area contributed by atoms with Gasteiger partial charge in [-0.3, -0.25) is 10.1 Å². The summed E-state index contributed by atoms with van der Waals surface area (Å²) in [5.41, 5.74) is 7.58. The third-order valence-corrected chi connectivity index (χ3v) is 4.36. The average molecular weight is 414 g/mol. The fourth-order valence-electron chi connectivity index (χ4n) is 2.84. The molecule has 0 aliphatic carbocycles. The molecule has 0 fully saturated rings. The summed E-state index contributed by atoms with van der Waals surface area (Å²) in [6.45, 7) is 4.51. The Morgan fingerprint density at radius 2 is 2.03 bits per heavy atom. The first-order valence-electron chi connectivity index (χ1n) is 9.12. The van der Waals surface area contributed by atoms with E-state index in [1.807, 2.05) is 13.8 Å². The Bertz CT molecular complexity index is 1100. The van der Waals surface area contributed by atoms with Gasteiger partial charge >= 0.3 is 0 Å². The lowest BCUT2D eigenvalue weighted by molar-refractivity contribution is -0.115. The van der Waals surface area contributed by atoms with Crippen molar-refractivity contribution in [1.29, 1.82) is 5.26 Å². The minimum absolute atomic E-state index is 0.00177. The van der Waals surface area contributed by atoms with Crippen LogP contribution in [0.4, 0.5) is 20.5 Å². The van der Waals surface area contributed by atoms with Gasteiger partial charge in [0.15, 0.2) is 5.69 Å². The van der Waals surface area contributed by atoms with E-state index in [4.69, 9.17) is 10.3 Å². The van der Waals surface area contributed by atoms with Gasteiger partial charge in [-0.05, 0) is 19.4 Å². The van der Waals surface area contributed by atoms with Crippen LogP contribution in [0.3, 0.4) is 0 Å². The smallest absolute Gasteiger partial charge is 0.290 e. The van der Waals surface area contributed by atoms with Crippen LogP contribution in [0.5, 0.6) is 0 Å². The molecule has 0 saturated carbocycles. The molecule has 0 spiro atoms. The lowest BCUT2D eigenvalue weighted by Crippen LogP contribution is -2.14. The van der Waals surface area contributed by atoms with Crippen molar-refractivity contribution in [2.75, 3.05) is 11.1 Å². The topological polar surface area (TPSA) is 123 Å². The number of nitriles is 1. The Labute approximate surface area is 171 Å². The van der Waals surface area contributed by atoms with Gasteiger partial charge in [-0.1, -0.05) is 29.4 Å². The molecule has 8 nitrogen and oxygen atoms in total. The molecule has 30 heavy (non-hydrogen) atoms. The molecule has 3 rings (SSSR count). The van der Waals surface area contributed by atoms with Crippen molar-refractivity contribution in [3.05, 3.63) is 47.2 Å². The highest BCUT2D eigenvalue weighted by Gasteiger charge is 2.29. The lowest BCUT2D eigenvalue weighted by atomic mass is 10.0. The van der Waals surface area contributed by atoms with Gasteiger partial charge in [0, 0.05) is 24.6 Å². The number of amides is 1. The summed E-state index contributed by atoms with van der Waals surface area (Å²) in [4.78, 5) is 12.2. The summed E-state index contributed by atoms with van der Waals surface area (Å²) in [6, 6.07) is 9.97. The normalized spacial score (nSPS) is 11.5. The maximum Gasteiger partial charge on any atom is 0.290 e. The highest BCUT2D eigenvalue weighted by molar-refractivity contribution is 5.91. The third kappa shape index (κ3) is 4.30. The summed E-state index contributed by atoms with van der Waals surface area (Å²) >= 11 is 0. The number of carbonyl (C=O) groups is 1. The minimum atomic E-state index is -3.16. The van der Waals surface area contributed by atoms with Gasteiger partial charge in [-0.15, -0.1) is 0 Å². The molecule has 1 amide bonds. The average Bonchev–Trinajstić information content (AvgIpc) is 3.26. The van der Waals surface area contributed by atoms with Crippen molar-refractivity contribution < 1.29 is 18.1 Å². The first-order chi connectivity index (χ1) is 14.1. The van der Waals surface area contributed by atoms with E-state index in [1.54, 1.807) is 28.9 Å². The van der Waals surface area contributed by atoms with Crippen LogP contribution in [0, 0.1) is 11.3 Å². The van der Waals surface area contributed by atoms with Crippen LogP contribution in [0.25, 0.3) is 11.3 Å². The number of alkyl halides is 2. The monoisotopic (exact) mass is 414 g/mol. The number of carbonyl (C=O) groups excluding carboxylic acids is 1. The van der Waals surface area contributed by atoms with Crippen molar-refractivity contribution in [3.8, 4) is 17.3 Å². The summed E-state index contributed by atoms with van der Waals surface area (Å²) in [5, 5.41) is 19.5. The van der Waals surface area contributed by atoms with E-state index in [-0.39, 0.29) is 18.3 Å². The molecule has 3 aromatic rings. The highest BCUT2D eigenvalue weighted by Crippen LogP contribution is 2.29. The Balaban J connectivity index is 1.72. The van der Waals surface area contributed by atoms with Gasteiger partial charge in [0.1, 0.15) is 23.1 Å². The van der Waals surface area contributed by atoms with E-state index >= 15 is 0 Å². The first kappa shape index (κ1) is 21.0. The number of nitrogen functional groups attached to an aromatic ring is 1. The SMILES string of the molecule is CC(C)n1nc(-c2ccc(CC(=O)Nc3cc(C(C)(F)F)no3)cc2)c(C#N)c1N. The molecular weight excluding hydrogens is 394 g/mol. The fourth-order valence-corrected chi connectivity index (χ4v) is 2.84. The van der Waals surface area contributed by atoms with E-state index in [1.165, 1.54) is 0 Å². The zero-order valence-electron chi connectivity index (χ0n) is 16.6. The predicted molar refractivity (Wildman–Crippen MR) is 106 cm³/mol. The number of hydrogen-bond donors (Lipinski definition) is 2. The zero-order valence-corrected chi connectivity index (χ0v) is 16.6. The van der Waals surface area contributed by atoms with E-state index < -0.39 is 17.5 Å². The zero-order chi connectivity index (χ0) is 22.1. The molecular formula is C20H20F2N6O2. The standard InChI is InChI=1S/C20H20F2N6O2/c1-11(2)28-19(24)14(10-23)18(26-28)13-6-4-12(5-7-13)8-16(29)25-17-9-15(27-30-17)20(3,21)22/h4-7,9,11H,8,24H2,1-3H3,(H,25,29). The van der Waals surface area contributed by atoms with Crippen LogP contribution < -0.4 is 11.1 Å². The summed E-state index contributed by atoms with van der Waals surface area (Å²) in [5.74, 6) is -3.45. The number of rotatable bonds is 6. The molecule has 0 aliphatic rings. The maximum absolute atomic E-state index is 13.2. The molecule has 0 bridgehead atoms. The van der Waals surface area contributed by atoms with Gasteiger partial charge in [0.05, 0.1) is 6.42 Å². The lowest BCUT2D eigenvalue weighted by Gasteiger charge is -2.06. The van der Waals surface area contributed by atoms with Crippen molar-refractivity contribution in [3.63, 3.8) is 0 Å². The number of halogens is 2. The molecule has 0 saturated heterocycles. The molecule has 3 N–H and O–H groups in total. The van der Waals surface area contributed by atoms with Crippen molar-refractivity contribution >= 4 is 17.6 Å². The van der Waals surface area contributed by atoms with E-state index in [0.717, 1.165) is 6.07 Å². The van der Waals surface area contributed by atoms with Crippen LogP contribution in [-0.4, -0.2) is 20.8 Å². The number of nitrogens with two attached hydrogens (primary N) is 1. The van der Waals surface area contributed by atoms with Crippen LogP contribution in [0.1, 0.15) is 43.6 Å². The second-order valence-electron chi connectivity index (χ2n) is 7.15. The first-order valence-corrected chi connectivity index (χ1v) is 9.12. The van der Waals surface area contributed by atoms with Gasteiger partial charge < -0.3 is 10.3 Å². The molecule has 10 heteroatoms. The van der Waals surface area contributed by atoms with Gasteiger partial charge in [0.25, 0.3) is 5.92 Å². The minimum Gasteiger partial charge on any atom is -0.383 e. The Morgan fingerprint density at radius 1 is 1.37 bits per heavy atom. The molecule has 2 heterocycles. The molecule has 0 unspecified atom stereocenters. The second kappa shape index (κ2) is 7.94. The van der Waals surface area contributed by atoms with E-state index in [0.29, 0.717) is 35.1 Å². The molecule has 0 aliphatic heterocycles. The van der Waals surface area contributed by atoms with E-state index in [2.05, 4.69) is 21.6 Å². The summed E-state index contributed by atoms with van der Waals surface area (Å²) < 4.78 is 32.7. The Hall–Kier alpha value is -3.74. The van der Waals surface area contributed by atoms with E-state index in [9.17, 15) is 18.8 Å². The molecule has 0 radical (unpaired) electrons.